The summed E-state index contributed by atoms with van der Waals surface area (Å²) in [6, 6.07) is 0.351. The molecule has 0 N–H and O–H groups in total. The molecule has 0 aliphatic heterocycles. The zero-order valence-electron chi connectivity index (χ0n) is 7.76. The van der Waals surface area contributed by atoms with Gasteiger partial charge in [-0.15, -0.1) is 0 Å². The predicted molar refractivity (Wildman–Crippen MR) is 51.6 cm³/mol. The van der Waals surface area contributed by atoms with Gasteiger partial charge in [0.1, 0.15) is 0 Å². The lowest BCUT2D eigenvalue weighted by molar-refractivity contribution is 0.836. The Bertz CT molecular complexity index is 188. The highest BCUT2D eigenvalue weighted by Gasteiger charge is 1.89. The van der Waals surface area contributed by atoms with Crippen molar-refractivity contribution in [1.29, 1.82) is 0 Å². The molecule has 0 aromatic rings. The SMILES string of the molecule is C=N/C(C)=C\C(C)=NC(C)C. The fourth-order valence-corrected chi connectivity index (χ4v) is 0.792. The summed E-state index contributed by atoms with van der Waals surface area (Å²) < 4.78 is 0. The molecule has 0 aliphatic rings. The molecule has 0 aromatic carbocycles. The molecular formula is C9H16N2. The number of aliphatic imine (C=N–C) groups is 2. The van der Waals surface area contributed by atoms with Crippen LogP contribution in [0.2, 0.25) is 0 Å². The quantitative estimate of drug-likeness (QED) is 0.555. The molecule has 2 heteroatoms. The Morgan fingerprint density at radius 2 is 1.91 bits per heavy atom. The lowest BCUT2D eigenvalue weighted by Gasteiger charge is -1.97. The first-order chi connectivity index (χ1) is 5.06. The molecule has 0 saturated carbocycles. The van der Waals surface area contributed by atoms with Crippen molar-refractivity contribution in [2.24, 2.45) is 9.98 Å². The van der Waals surface area contributed by atoms with Gasteiger partial charge in [-0.1, -0.05) is 0 Å². The van der Waals surface area contributed by atoms with Gasteiger partial charge in [0.15, 0.2) is 0 Å². The minimum Gasteiger partial charge on any atom is -0.287 e. The average molecular weight is 152 g/mol. The fourth-order valence-electron chi connectivity index (χ4n) is 0.792. The summed E-state index contributed by atoms with van der Waals surface area (Å²) in [6.45, 7) is 11.4. The second kappa shape index (κ2) is 4.83. The molecule has 11 heavy (non-hydrogen) atoms. The van der Waals surface area contributed by atoms with E-state index in [-0.39, 0.29) is 0 Å². The van der Waals surface area contributed by atoms with E-state index in [1.54, 1.807) is 0 Å². The third kappa shape index (κ3) is 5.52. The first-order valence-electron chi connectivity index (χ1n) is 3.75. The normalized spacial score (nSPS) is 13.9. The standard InChI is InChI=1S/C9H16N2/c1-7(2)11-9(4)6-8(3)10-5/h6-7H,5H2,1-4H3/b8-6-,11-9?. The Morgan fingerprint density at radius 3 is 2.27 bits per heavy atom. The summed E-state index contributed by atoms with van der Waals surface area (Å²) in [5, 5.41) is 0. The molecule has 2 nitrogen and oxygen atoms in total. The zero-order valence-corrected chi connectivity index (χ0v) is 7.76. The fraction of sp³-hybridized carbons (Fsp3) is 0.556. The van der Waals surface area contributed by atoms with Crippen molar-refractivity contribution in [2.45, 2.75) is 33.7 Å². The second-order valence-electron chi connectivity index (χ2n) is 2.81. The van der Waals surface area contributed by atoms with Gasteiger partial charge in [-0.3, -0.25) is 9.98 Å². The van der Waals surface area contributed by atoms with Crippen molar-refractivity contribution in [3.05, 3.63) is 11.8 Å². The summed E-state index contributed by atoms with van der Waals surface area (Å²) in [4.78, 5) is 8.08. The van der Waals surface area contributed by atoms with Crippen molar-refractivity contribution >= 4 is 12.4 Å². The molecule has 0 aliphatic carbocycles. The van der Waals surface area contributed by atoms with Crippen LogP contribution in [-0.2, 0) is 0 Å². The van der Waals surface area contributed by atoms with Crippen LogP contribution >= 0.6 is 0 Å². The third-order valence-electron chi connectivity index (χ3n) is 1.13. The molecule has 0 rings (SSSR count). The number of rotatable bonds is 3. The number of nitrogens with zero attached hydrogens (tertiary/aromatic N) is 2. The molecule has 62 valence electrons. The van der Waals surface area contributed by atoms with E-state index in [1.165, 1.54) is 0 Å². The Kier molecular flexibility index (Phi) is 4.42. The molecule has 0 spiro atoms. The lowest BCUT2D eigenvalue weighted by Crippen LogP contribution is -1.95. The van der Waals surface area contributed by atoms with E-state index >= 15 is 0 Å². The highest BCUT2D eigenvalue weighted by atomic mass is 14.8. The van der Waals surface area contributed by atoms with Gasteiger partial charge in [0.05, 0.1) is 0 Å². The average Bonchev–Trinajstić information content (AvgIpc) is 1.85. The molecule has 0 radical (unpaired) electrons. The van der Waals surface area contributed by atoms with E-state index < -0.39 is 0 Å². The minimum atomic E-state index is 0.351. The van der Waals surface area contributed by atoms with Gasteiger partial charge in [-0.2, -0.15) is 0 Å². The van der Waals surface area contributed by atoms with Gasteiger partial charge in [-0.05, 0) is 40.5 Å². The molecular weight excluding hydrogens is 136 g/mol. The Balaban J connectivity index is 4.26. The van der Waals surface area contributed by atoms with E-state index in [0.29, 0.717) is 6.04 Å². The van der Waals surface area contributed by atoms with Gasteiger partial charge in [0, 0.05) is 17.5 Å². The van der Waals surface area contributed by atoms with Crippen LogP contribution in [0.4, 0.5) is 0 Å². The van der Waals surface area contributed by atoms with Crippen LogP contribution in [-0.4, -0.2) is 18.5 Å². The molecule has 0 unspecified atom stereocenters. The second-order valence-corrected chi connectivity index (χ2v) is 2.81. The van der Waals surface area contributed by atoms with Crippen LogP contribution < -0.4 is 0 Å². The maximum Gasteiger partial charge on any atom is 0.0446 e. The molecule has 0 amide bonds. The summed E-state index contributed by atoms with van der Waals surface area (Å²) in [5.41, 5.74) is 1.91. The zero-order chi connectivity index (χ0) is 8.85. The van der Waals surface area contributed by atoms with Crippen molar-refractivity contribution in [1.82, 2.24) is 0 Å². The summed E-state index contributed by atoms with van der Waals surface area (Å²) in [6.07, 6.45) is 1.92. The summed E-state index contributed by atoms with van der Waals surface area (Å²) in [7, 11) is 0. The Morgan fingerprint density at radius 1 is 1.36 bits per heavy atom. The van der Waals surface area contributed by atoms with Crippen LogP contribution in [0, 0.1) is 0 Å². The van der Waals surface area contributed by atoms with E-state index in [9.17, 15) is 0 Å². The molecule has 0 heterocycles. The first kappa shape index (κ1) is 10.1. The summed E-state index contributed by atoms with van der Waals surface area (Å²) in [5.74, 6) is 0. The highest BCUT2D eigenvalue weighted by Crippen LogP contribution is 1.96. The van der Waals surface area contributed by atoms with E-state index in [0.717, 1.165) is 11.4 Å². The smallest absolute Gasteiger partial charge is 0.0446 e. The Hall–Kier alpha value is -0.920. The highest BCUT2D eigenvalue weighted by molar-refractivity contribution is 5.93. The van der Waals surface area contributed by atoms with Crippen LogP contribution in [0.5, 0.6) is 0 Å². The van der Waals surface area contributed by atoms with E-state index in [4.69, 9.17) is 0 Å². The maximum atomic E-state index is 4.32. The predicted octanol–water partition coefficient (Wildman–Crippen LogP) is 2.46. The van der Waals surface area contributed by atoms with Crippen LogP contribution in [0.3, 0.4) is 0 Å². The minimum absolute atomic E-state index is 0.351. The van der Waals surface area contributed by atoms with E-state index in [1.807, 2.05) is 33.8 Å². The van der Waals surface area contributed by atoms with Crippen LogP contribution in [0.25, 0.3) is 0 Å². The van der Waals surface area contributed by atoms with Gasteiger partial charge in [0.2, 0.25) is 0 Å². The van der Waals surface area contributed by atoms with Gasteiger partial charge >= 0.3 is 0 Å². The molecule has 0 bridgehead atoms. The van der Waals surface area contributed by atoms with Crippen molar-refractivity contribution in [3.63, 3.8) is 0 Å². The topological polar surface area (TPSA) is 24.7 Å². The Labute approximate surface area is 68.8 Å². The number of hydrogen-bond acceptors (Lipinski definition) is 2. The van der Waals surface area contributed by atoms with E-state index in [2.05, 4.69) is 16.7 Å². The monoisotopic (exact) mass is 152 g/mol. The van der Waals surface area contributed by atoms with Crippen molar-refractivity contribution < 1.29 is 0 Å². The molecule has 0 saturated heterocycles. The van der Waals surface area contributed by atoms with Gasteiger partial charge in [0.25, 0.3) is 0 Å². The number of hydrogen-bond donors (Lipinski definition) is 0. The van der Waals surface area contributed by atoms with Crippen LogP contribution in [0.15, 0.2) is 21.8 Å². The maximum absolute atomic E-state index is 4.32. The summed E-state index contributed by atoms with van der Waals surface area (Å²) >= 11 is 0. The van der Waals surface area contributed by atoms with Gasteiger partial charge in [-0.25, -0.2) is 0 Å². The number of allylic oxidation sites excluding steroid dienone is 2. The van der Waals surface area contributed by atoms with Gasteiger partial charge < -0.3 is 0 Å². The van der Waals surface area contributed by atoms with Crippen LogP contribution in [0.1, 0.15) is 27.7 Å². The largest absolute Gasteiger partial charge is 0.287 e. The molecule has 0 atom stereocenters. The molecule has 0 fully saturated rings. The lowest BCUT2D eigenvalue weighted by atomic mass is 10.3. The van der Waals surface area contributed by atoms with Crippen molar-refractivity contribution in [2.75, 3.05) is 0 Å². The third-order valence-corrected chi connectivity index (χ3v) is 1.13. The molecule has 0 aromatic heterocycles. The first-order valence-corrected chi connectivity index (χ1v) is 3.75. The van der Waals surface area contributed by atoms with Crippen molar-refractivity contribution in [3.8, 4) is 0 Å².